The quantitative estimate of drug-likeness (QED) is 0.563. The highest BCUT2D eigenvalue weighted by Crippen LogP contribution is 2.15. The number of nitrogens with two attached hydrogens (primary N) is 1. The summed E-state index contributed by atoms with van der Waals surface area (Å²) < 4.78 is 0. The van der Waals surface area contributed by atoms with Gasteiger partial charge in [-0.1, -0.05) is 17.7 Å². The van der Waals surface area contributed by atoms with E-state index < -0.39 is 0 Å². The van der Waals surface area contributed by atoms with Gasteiger partial charge in [0.2, 0.25) is 0 Å². The Morgan fingerprint density at radius 2 is 2.07 bits per heavy atom. The Labute approximate surface area is 88.7 Å². The summed E-state index contributed by atoms with van der Waals surface area (Å²) in [4.78, 5) is 8.18. The number of hydrogen-bond acceptors (Lipinski definition) is 2. The lowest BCUT2D eigenvalue weighted by Gasteiger charge is -2.02. The summed E-state index contributed by atoms with van der Waals surface area (Å²) in [6.07, 6.45) is 1.83. The normalized spacial score (nSPS) is 12.0. The molecule has 0 radical (unpaired) electrons. The molecule has 1 heterocycles. The van der Waals surface area contributed by atoms with Gasteiger partial charge < -0.3 is 5.73 Å². The van der Waals surface area contributed by atoms with Crippen molar-refractivity contribution in [3.05, 3.63) is 41.7 Å². The molecule has 0 saturated heterocycles. The third-order valence-electron chi connectivity index (χ3n) is 2.38. The standard InChI is InChI=1S/C12H13N3/c1-8-3-4-9-6-11(12(13)14-2)15-7-10(9)5-8/h3-7H,1-2H3,(H2,13,14). The Hall–Kier alpha value is -1.90. The number of pyridine rings is 1. The lowest BCUT2D eigenvalue weighted by molar-refractivity contribution is 1.28. The first-order valence-corrected chi connectivity index (χ1v) is 4.80. The SMILES string of the molecule is CN=C(N)c1cc2ccc(C)cc2cn1. The molecule has 0 aliphatic heterocycles. The largest absolute Gasteiger partial charge is 0.382 e. The molecule has 0 saturated carbocycles. The smallest absolute Gasteiger partial charge is 0.144 e. The van der Waals surface area contributed by atoms with Crippen molar-refractivity contribution in [2.45, 2.75) is 6.92 Å². The van der Waals surface area contributed by atoms with Gasteiger partial charge >= 0.3 is 0 Å². The highest BCUT2D eigenvalue weighted by atomic mass is 14.9. The van der Waals surface area contributed by atoms with Crippen molar-refractivity contribution in [1.82, 2.24) is 4.98 Å². The predicted octanol–water partition coefficient (Wildman–Crippen LogP) is 1.88. The van der Waals surface area contributed by atoms with Crippen LogP contribution in [0.3, 0.4) is 0 Å². The Bertz CT molecular complexity index is 529. The van der Waals surface area contributed by atoms with Crippen molar-refractivity contribution in [1.29, 1.82) is 0 Å². The molecule has 3 heteroatoms. The van der Waals surface area contributed by atoms with E-state index in [9.17, 15) is 0 Å². The molecule has 0 aliphatic rings. The van der Waals surface area contributed by atoms with E-state index >= 15 is 0 Å². The summed E-state index contributed by atoms with van der Waals surface area (Å²) in [6, 6.07) is 8.20. The van der Waals surface area contributed by atoms with E-state index in [4.69, 9.17) is 5.73 Å². The Kier molecular flexibility index (Phi) is 2.37. The van der Waals surface area contributed by atoms with Gasteiger partial charge in [0.05, 0.1) is 0 Å². The number of aliphatic imine (C=N–C) groups is 1. The molecule has 0 aliphatic carbocycles. The summed E-state index contributed by atoms with van der Waals surface area (Å²) >= 11 is 0. The molecule has 0 fully saturated rings. The van der Waals surface area contributed by atoms with E-state index in [2.05, 4.69) is 35.1 Å². The van der Waals surface area contributed by atoms with E-state index in [1.165, 1.54) is 5.56 Å². The van der Waals surface area contributed by atoms with Gasteiger partial charge in [-0.15, -0.1) is 0 Å². The van der Waals surface area contributed by atoms with Gasteiger partial charge in [0.1, 0.15) is 11.5 Å². The fraction of sp³-hybridized carbons (Fsp3) is 0.167. The van der Waals surface area contributed by atoms with Crippen molar-refractivity contribution < 1.29 is 0 Å². The van der Waals surface area contributed by atoms with Gasteiger partial charge in [0.25, 0.3) is 0 Å². The first-order valence-electron chi connectivity index (χ1n) is 4.80. The molecule has 1 aromatic heterocycles. The van der Waals surface area contributed by atoms with E-state index in [1.807, 2.05) is 12.3 Å². The Balaban J connectivity index is 2.62. The molecule has 1 aromatic carbocycles. The average molecular weight is 199 g/mol. The molecule has 76 valence electrons. The van der Waals surface area contributed by atoms with Crippen molar-refractivity contribution in [2.24, 2.45) is 10.7 Å². The minimum Gasteiger partial charge on any atom is -0.382 e. The number of hydrogen-bond donors (Lipinski definition) is 1. The molecule has 3 nitrogen and oxygen atoms in total. The van der Waals surface area contributed by atoms with Gasteiger partial charge in [-0.2, -0.15) is 0 Å². The summed E-state index contributed by atoms with van der Waals surface area (Å²) in [5, 5.41) is 2.26. The third kappa shape index (κ3) is 1.81. The second kappa shape index (κ2) is 3.69. The first-order chi connectivity index (χ1) is 7.20. The number of aromatic nitrogens is 1. The molecule has 2 aromatic rings. The maximum Gasteiger partial charge on any atom is 0.144 e. The van der Waals surface area contributed by atoms with Crippen LogP contribution >= 0.6 is 0 Å². The molecule has 0 amide bonds. The van der Waals surface area contributed by atoms with Crippen LogP contribution in [0.2, 0.25) is 0 Å². The molecular formula is C12H13N3. The highest BCUT2D eigenvalue weighted by molar-refractivity contribution is 5.98. The summed E-state index contributed by atoms with van der Waals surface area (Å²) in [7, 11) is 1.66. The van der Waals surface area contributed by atoms with Crippen LogP contribution in [0.5, 0.6) is 0 Å². The summed E-state index contributed by atoms with van der Waals surface area (Å²) in [5.74, 6) is 0.470. The number of nitrogens with zero attached hydrogens (tertiary/aromatic N) is 2. The monoisotopic (exact) mass is 199 g/mol. The van der Waals surface area contributed by atoms with Crippen molar-refractivity contribution in [2.75, 3.05) is 7.05 Å². The maximum absolute atomic E-state index is 5.70. The summed E-state index contributed by atoms with van der Waals surface area (Å²) in [5.41, 5.74) is 7.66. The summed E-state index contributed by atoms with van der Waals surface area (Å²) in [6.45, 7) is 2.06. The molecule has 2 rings (SSSR count). The lowest BCUT2D eigenvalue weighted by Crippen LogP contribution is -2.14. The van der Waals surface area contributed by atoms with Crippen LogP contribution in [0.4, 0.5) is 0 Å². The van der Waals surface area contributed by atoms with Crippen LogP contribution in [-0.2, 0) is 0 Å². The number of rotatable bonds is 1. The number of amidine groups is 1. The van der Waals surface area contributed by atoms with Crippen molar-refractivity contribution in [3.8, 4) is 0 Å². The molecular weight excluding hydrogens is 186 g/mol. The third-order valence-corrected chi connectivity index (χ3v) is 2.38. The predicted molar refractivity (Wildman–Crippen MR) is 63.1 cm³/mol. The van der Waals surface area contributed by atoms with Crippen LogP contribution < -0.4 is 5.73 Å². The van der Waals surface area contributed by atoms with Gasteiger partial charge in [-0.3, -0.25) is 9.98 Å². The van der Waals surface area contributed by atoms with Gasteiger partial charge in [-0.05, 0) is 24.4 Å². The van der Waals surface area contributed by atoms with Gasteiger partial charge in [0, 0.05) is 18.6 Å². The number of fused-ring (bicyclic) bond motifs is 1. The van der Waals surface area contributed by atoms with Crippen molar-refractivity contribution >= 4 is 16.6 Å². The number of benzene rings is 1. The molecule has 0 bridgehead atoms. The molecule has 15 heavy (non-hydrogen) atoms. The zero-order chi connectivity index (χ0) is 10.8. The minimum atomic E-state index is 0.470. The van der Waals surface area contributed by atoms with Crippen LogP contribution in [0.15, 0.2) is 35.5 Å². The van der Waals surface area contributed by atoms with Crippen LogP contribution in [0.1, 0.15) is 11.3 Å². The zero-order valence-corrected chi connectivity index (χ0v) is 8.86. The van der Waals surface area contributed by atoms with Crippen molar-refractivity contribution in [3.63, 3.8) is 0 Å². The van der Waals surface area contributed by atoms with E-state index in [-0.39, 0.29) is 0 Å². The molecule has 0 atom stereocenters. The zero-order valence-electron chi connectivity index (χ0n) is 8.86. The Morgan fingerprint density at radius 3 is 2.80 bits per heavy atom. The highest BCUT2D eigenvalue weighted by Gasteiger charge is 2.01. The van der Waals surface area contributed by atoms with Crippen LogP contribution in [-0.4, -0.2) is 17.9 Å². The lowest BCUT2D eigenvalue weighted by atomic mass is 10.1. The van der Waals surface area contributed by atoms with Crippen LogP contribution in [0.25, 0.3) is 10.8 Å². The first kappa shape index (κ1) is 9.65. The van der Waals surface area contributed by atoms with E-state index in [0.717, 1.165) is 16.5 Å². The van der Waals surface area contributed by atoms with E-state index in [1.54, 1.807) is 7.05 Å². The fourth-order valence-corrected chi connectivity index (χ4v) is 1.52. The van der Waals surface area contributed by atoms with Gasteiger partial charge in [-0.25, -0.2) is 0 Å². The fourth-order valence-electron chi connectivity index (χ4n) is 1.52. The maximum atomic E-state index is 5.70. The van der Waals surface area contributed by atoms with Gasteiger partial charge in [0.15, 0.2) is 0 Å². The number of aryl methyl sites for hydroxylation is 1. The van der Waals surface area contributed by atoms with Crippen LogP contribution in [0, 0.1) is 6.92 Å². The molecule has 0 spiro atoms. The average Bonchev–Trinajstić information content (AvgIpc) is 2.27. The molecule has 0 unspecified atom stereocenters. The molecule has 2 N–H and O–H groups in total. The Morgan fingerprint density at radius 1 is 1.27 bits per heavy atom. The second-order valence-electron chi connectivity index (χ2n) is 3.53. The van der Waals surface area contributed by atoms with E-state index in [0.29, 0.717) is 5.84 Å². The minimum absolute atomic E-state index is 0.470. The topological polar surface area (TPSA) is 51.3 Å². The second-order valence-corrected chi connectivity index (χ2v) is 3.53.